The molecule has 5 nitrogen and oxygen atoms in total. The Kier molecular flexibility index (Phi) is 8.55. The minimum absolute atomic E-state index is 0. The van der Waals surface area contributed by atoms with Crippen LogP contribution in [0.4, 0.5) is 0 Å². The van der Waals surface area contributed by atoms with Gasteiger partial charge in [-0.25, -0.2) is 15.0 Å². The van der Waals surface area contributed by atoms with Crippen molar-refractivity contribution in [1.29, 1.82) is 0 Å². The van der Waals surface area contributed by atoms with E-state index in [0.29, 0.717) is 11.7 Å². The number of fused-ring (bicyclic) bond motifs is 2. The van der Waals surface area contributed by atoms with Crippen molar-refractivity contribution in [1.82, 2.24) is 4.98 Å². The largest absolute Gasteiger partial charge is 2.00 e. The molecular weight excluding hydrogens is 468 g/mol. The summed E-state index contributed by atoms with van der Waals surface area (Å²) in [5.74, 6) is 1.36. The van der Waals surface area contributed by atoms with Crippen molar-refractivity contribution >= 4 is 23.1 Å². The van der Waals surface area contributed by atoms with E-state index in [9.17, 15) is 0 Å². The van der Waals surface area contributed by atoms with Crippen LogP contribution >= 0.6 is 0 Å². The molecule has 0 aromatic carbocycles. The molecule has 1 radical (unpaired) electrons. The SMILES string of the molecule is CCC1=CC2=NC(c3cccc(C4=NC5C=CC(CC)=CC5=N4)n3)=NC2C=C1.[Cl-].[Cl-].[V+2]. The Hall–Kier alpha value is -2.05. The Balaban J connectivity index is 0.00000114. The Bertz CT molecular complexity index is 1030. The molecule has 1 aromatic rings. The number of hydrogen-bond acceptors (Lipinski definition) is 5. The second-order valence-electron chi connectivity index (χ2n) is 7.14. The maximum Gasteiger partial charge on any atom is 2.00 e. The molecular formula is C23H21Cl2N5V. The molecule has 1 aromatic heterocycles. The Morgan fingerprint density at radius 3 is 1.61 bits per heavy atom. The number of hydrogen-bond donors (Lipinski definition) is 0. The number of aliphatic imine (C=N–C) groups is 4. The summed E-state index contributed by atoms with van der Waals surface area (Å²) in [6.45, 7) is 4.29. The van der Waals surface area contributed by atoms with Gasteiger partial charge in [0.05, 0.1) is 11.4 Å². The van der Waals surface area contributed by atoms with Gasteiger partial charge in [-0.1, -0.05) is 44.2 Å². The van der Waals surface area contributed by atoms with E-state index in [1.54, 1.807) is 0 Å². The molecule has 2 unspecified atom stereocenters. The van der Waals surface area contributed by atoms with E-state index in [2.05, 4.69) is 50.3 Å². The number of rotatable bonds is 4. The number of halogens is 2. The molecule has 0 saturated carbocycles. The van der Waals surface area contributed by atoms with Crippen LogP contribution in [0, 0.1) is 0 Å². The van der Waals surface area contributed by atoms with Gasteiger partial charge in [0.15, 0.2) is 11.7 Å². The second-order valence-corrected chi connectivity index (χ2v) is 7.14. The molecule has 5 rings (SSSR count). The number of pyridine rings is 1. The summed E-state index contributed by atoms with van der Waals surface area (Å²) in [4.78, 5) is 23.7. The van der Waals surface area contributed by atoms with Crippen LogP contribution in [0.3, 0.4) is 0 Å². The molecule has 2 aliphatic heterocycles. The van der Waals surface area contributed by atoms with Crippen LogP contribution in [-0.4, -0.2) is 40.2 Å². The summed E-state index contributed by atoms with van der Waals surface area (Å²) in [5, 5.41) is 0. The maximum atomic E-state index is 4.77. The van der Waals surface area contributed by atoms with E-state index >= 15 is 0 Å². The first-order chi connectivity index (χ1) is 13.7. The van der Waals surface area contributed by atoms with Gasteiger partial charge in [0.25, 0.3) is 0 Å². The molecule has 0 amide bonds. The van der Waals surface area contributed by atoms with Crippen molar-refractivity contribution in [2.75, 3.05) is 0 Å². The van der Waals surface area contributed by atoms with Crippen molar-refractivity contribution in [3.05, 3.63) is 77.2 Å². The standard InChI is InChI=1S/C23H21N5.2ClH.V/c1-3-14-8-10-16-20(12-14)27-22(25-16)18-6-5-7-19(24-18)23-26-17-11-9-15(4-2)13-21(17)28-23;;;/h5-13,16-17H,3-4H2,1-2H3;2*1H;/q;;;+2/p-2. The quantitative estimate of drug-likeness (QED) is 0.485. The monoisotopic (exact) mass is 488 g/mol. The van der Waals surface area contributed by atoms with Gasteiger partial charge in [-0.2, -0.15) is 0 Å². The smallest absolute Gasteiger partial charge is 1.00 e. The molecule has 3 heterocycles. The zero-order chi connectivity index (χ0) is 19.1. The van der Waals surface area contributed by atoms with Crippen LogP contribution in [0.1, 0.15) is 38.1 Å². The summed E-state index contributed by atoms with van der Waals surface area (Å²) in [7, 11) is 0. The van der Waals surface area contributed by atoms with E-state index in [4.69, 9.17) is 25.0 Å². The third-order valence-electron chi connectivity index (χ3n) is 5.27. The zero-order valence-electron chi connectivity index (χ0n) is 17.2. The minimum atomic E-state index is 0. The second kappa shape index (κ2) is 10.5. The minimum Gasteiger partial charge on any atom is -1.00 e. The Morgan fingerprint density at radius 2 is 1.19 bits per heavy atom. The molecule has 157 valence electrons. The van der Waals surface area contributed by atoms with Gasteiger partial charge in [0.2, 0.25) is 0 Å². The van der Waals surface area contributed by atoms with Gasteiger partial charge >= 0.3 is 18.6 Å². The number of amidine groups is 2. The molecule has 8 heteroatoms. The fourth-order valence-corrected chi connectivity index (χ4v) is 3.62. The average molecular weight is 489 g/mol. The number of nitrogens with zero attached hydrogens (tertiary/aromatic N) is 5. The van der Waals surface area contributed by atoms with Crippen LogP contribution in [0.2, 0.25) is 0 Å². The molecule has 2 aliphatic carbocycles. The summed E-state index contributed by atoms with van der Waals surface area (Å²) in [5.41, 5.74) is 6.07. The number of allylic oxidation sites excluding steroid dienone is 4. The first kappa shape index (κ1) is 25.2. The normalized spacial score (nSPS) is 22.3. The van der Waals surface area contributed by atoms with Gasteiger partial charge in [-0.3, -0.25) is 9.98 Å². The molecule has 0 fully saturated rings. The molecule has 0 saturated heterocycles. The van der Waals surface area contributed by atoms with Crippen molar-refractivity contribution in [3.8, 4) is 0 Å². The first-order valence-corrected chi connectivity index (χ1v) is 9.81. The van der Waals surface area contributed by atoms with E-state index in [1.807, 2.05) is 18.2 Å². The van der Waals surface area contributed by atoms with Gasteiger partial charge in [0, 0.05) is 0 Å². The predicted octanol–water partition coefficient (Wildman–Crippen LogP) is -1.96. The fourth-order valence-electron chi connectivity index (χ4n) is 3.62. The number of aromatic nitrogens is 1. The van der Waals surface area contributed by atoms with E-state index in [0.717, 1.165) is 35.7 Å². The molecule has 2 atom stereocenters. The Labute approximate surface area is 206 Å². The molecule has 0 bridgehead atoms. The summed E-state index contributed by atoms with van der Waals surface area (Å²) in [6.07, 6.45) is 14.7. The van der Waals surface area contributed by atoms with E-state index in [1.165, 1.54) is 11.1 Å². The van der Waals surface area contributed by atoms with Crippen molar-refractivity contribution in [3.63, 3.8) is 0 Å². The third kappa shape index (κ3) is 4.91. The molecule has 0 spiro atoms. The third-order valence-corrected chi connectivity index (χ3v) is 5.27. The average Bonchev–Trinajstić information content (AvgIpc) is 3.36. The summed E-state index contributed by atoms with van der Waals surface area (Å²) < 4.78 is 0. The van der Waals surface area contributed by atoms with E-state index in [-0.39, 0.29) is 55.5 Å². The predicted molar refractivity (Wildman–Crippen MR) is 115 cm³/mol. The van der Waals surface area contributed by atoms with Crippen LogP contribution in [0.25, 0.3) is 0 Å². The zero-order valence-corrected chi connectivity index (χ0v) is 20.1. The van der Waals surface area contributed by atoms with E-state index < -0.39 is 0 Å². The summed E-state index contributed by atoms with van der Waals surface area (Å²) >= 11 is 0. The van der Waals surface area contributed by atoms with Crippen molar-refractivity contribution in [2.24, 2.45) is 20.0 Å². The van der Waals surface area contributed by atoms with Crippen LogP contribution in [0.5, 0.6) is 0 Å². The topological polar surface area (TPSA) is 62.3 Å². The fraction of sp³-hybridized carbons (Fsp3) is 0.261. The first-order valence-electron chi connectivity index (χ1n) is 9.81. The summed E-state index contributed by atoms with van der Waals surface area (Å²) in [6, 6.07) is 5.88. The Morgan fingerprint density at radius 1 is 0.742 bits per heavy atom. The van der Waals surface area contributed by atoms with Gasteiger partial charge in [-0.15, -0.1) is 0 Å². The van der Waals surface area contributed by atoms with Crippen LogP contribution in [0.15, 0.2) is 85.8 Å². The van der Waals surface area contributed by atoms with Gasteiger partial charge in [-0.05, 0) is 48.3 Å². The molecule has 0 N–H and O–H groups in total. The molecule has 4 aliphatic rings. The maximum absolute atomic E-state index is 4.77. The van der Waals surface area contributed by atoms with Crippen molar-refractivity contribution < 1.29 is 43.4 Å². The van der Waals surface area contributed by atoms with Gasteiger partial charge in [0.1, 0.15) is 23.5 Å². The van der Waals surface area contributed by atoms with Crippen LogP contribution in [-0.2, 0) is 18.6 Å². The molecule has 31 heavy (non-hydrogen) atoms. The van der Waals surface area contributed by atoms with Crippen LogP contribution < -0.4 is 24.8 Å². The van der Waals surface area contributed by atoms with Gasteiger partial charge < -0.3 is 24.8 Å². The van der Waals surface area contributed by atoms with Crippen molar-refractivity contribution in [2.45, 2.75) is 38.8 Å².